The van der Waals surface area contributed by atoms with Crippen LogP contribution in [0.5, 0.6) is 0 Å². The molecule has 0 aromatic rings. The maximum atomic E-state index is 10.9. The largest absolute Gasteiger partial charge is 0.481 e. The Balaban J connectivity index is 1.86. The van der Waals surface area contributed by atoms with Crippen LogP contribution in [0.25, 0.3) is 0 Å². The fourth-order valence-electron chi connectivity index (χ4n) is 3.82. The van der Waals surface area contributed by atoms with Gasteiger partial charge in [-0.1, -0.05) is 39.0 Å². The van der Waals surface area contributed by atoms with Crippen molar-refractivity contribution in [2.24, 2.45) is 5.41 Å². The number of nitrogens with zero attached hydrogens (tertiary/aromatic N) is 1. The molecule has 0 aromatic heterocycles. The van der Waals surface area contributed by atoms with E-state index in [1.165, 1.54) is 38.5 Å². The van der Waals surface area contributed by atoms with Crippen LogP contribution in [0.2, 0.25) is 0 Å². The summed E-state index contributed by atoms with van der Waals surface area (Å²) in [7, 11) is 0. The second-order valence-electron chi connectivity index (χ2n) is 6.36. The van der Waals surface area contributed by atoms with Gasteiger partial charge < -0.3 is 5.11 Å². The Hall–Kier alpha value is -0.570. The summed E-state index contributed by atoms with van der Waals surface area (Å²) in [5.74, 6) is -0.643. The molecule has 2 fully saturated rings. The fourth-order valence-corrected chi connectivity index (χ4v) is 3.82. The molecule has 1 atom stereocenters. The zero-order valence-corrected chi connectivity index (χ0v) is 11.7. The van der Waals surface area contributed by atoms with Crippen LogP contribution in [0.15, 0.2) is 0 Å². The molecule has 1 N–H and O–H groups in total. The highest BCUT2D eigenvalue weighted by molar-refractivity contribution is 5.67. The zero-order chi connectivity index (χ0) is 13.0. The molecule has 1 saturated carbocycles. The number of hydrogen-bond acceptors (Lipinski definition) is 2. The first-order chi connectivity index (χ1) is 8.65. The van der Waals surface area contributed by atoms with Gasteiger partial charge in [-0.05, 0) is 24.7 Å². The molecule has 2 aliphatic rings. The van der Waals surface area contributed by atoms with Gasteiger partial charge in [-0.15, -0.1) is 0 Å². The number of rotatable bonds is 5. The maximum Gasteiger partial charge on any atom is 0.304 e. The van der Waals surface area contributed by atoms with E-state index in [0.29, 0.717) is 11.8 Å². The van der Waals surface area contributed by atoms with Crippen LogP contribution in [0.4, 0.5) is 0 Å². The maximum absolute atomic E-state index is 10.9. The Morgan fingerprint density at radius 3 is 2.33 bits per heavy atom. The van der Waals surface area contributed by atoms with E-state index in [2.05, 4.69) is 11.8 Å². The highest BCUT2D eigenvalue weighted by atomic mass is 16.4. The molecule has 1 spiro atoms. The Morgan fingerprint density at radius 2 is 1.83 bits per heavy atom. The molecule has 1 saturated heterocycles. The SMILES string of the molecule is CCCC(CC(=O)O)N1CC2(CCCCCC2)C1. The van der Waals surface area contributed by atoms with Crippen LogP contribution in [0.3, 0.4) is 0 Å². The molecule has 3 nitrogen and oxygen atoms in total. The molecule has 0 bridgehead atoms. The average molecular weight is 253 g/mol. The molecule has 0 amide bonds. The lowest BCUT2D eigenvalue weighted by Gasteiger charge is -2.53. The van der Waals surface area contributed by atoms with E-state index in [-0.39, 0.29) is 6.04 Å². The van der Waals surface area contributed by atoms with Crippen LogP contribution in [0.1, 0.15) is 64.7 Å². The molecule has 1 heterocycles. The van der Waals surface area contributed by atoms with Crippen LogP contribution < -0.4 is 0 Å². The molecule has 0 radical (unpaired) electrons. The van der Waals surface area contributed by atoms with Crippen molar-refractivity contribution in [2.45, 2.75) is 70.8 Å². The second kappa shape index (κ2) is 6.05. The minimum absolute atomic E-state index is 0.279. The molecule has 1 unspecified atom stereocenters. The fraction of sp³-hybridized carbons (Fsp3) is 0.933. The van der Waals surface area contributed by atoms with E-state index >= 15 is 0 Å². The van der Waals surface area contributed by atoms with Gasteiger partial charge in [0.05, 0.1) is 6.42 Å². The van der Waals surface area contributed by atoms with E-state index in [4.69, 9.17) is 5.11 Å². The topological polar surface area (TPSA) is 40.5 Å². The number of aliphatic carboxylic acids is 1. The van der Waals surface area contributed by atoms with Crippen molar-refractivity contribution in [3.8, 4) is 0 Å². The van der Waals surface area contributed by atoms with Crippen molar-refractivity contribution in [3.63, 3.8) is 0 Å². The van der Waals surface area contributed by atoms with Crippen molar-refractivity contribution < 1.29 is 9.90 Å². The summed E-state index contributed by atoms with van der Waals surface area (Å²) in [6, 6.07) is 0.279. The lowest BCUT2D eigenvalue weighted by molar-refractivity contribution is -0.140. The first-order valence-corrected chi connectivity index (χ1v) is 7.61. The Kier molecular flexibility index (Phi) is 4.66. The van der Waals surface area contributed by atoms with Crippen LogP contribution >= 0.6 is 0 Å². The van der Waals surface area contributed by atoms with Crippen molar-refractivity contribution in [1.82, 2.24) is 4.90 Å². The second-order valence-corrected chi connectivity index (χ2v) is 6.36. The van der Waals surface area contributed by atoms with Crippen LogP contribution in [0, 0.1) is 5.41 Å². The molecule has 1 aliphatic carbocycles. The Morgan fingerprint density at radius 1 is 1.22 bits per heavy atom. The third-order valence-corrected chi connectivity index (χ3v) is 4.79. The minimum atomic E-state index is -0.643. The van der Waals surface area contributed by atoms with Gasteiger partial charge in [0.25, 0.3) is 0 Å². The van der Waals surface area contributed by atoms with Gasteiger partial charge in [0, 0.05) is 19.1 Å². The summed E-state index contributed by atoms with van der Waals surface area (Å²) >= 11 is 0. The number of hydrogen-bond donors (Lipinski definition) is 1. The van der Waals surface area contributed by atoms with Crippen molar-refractivity contribution in [3.05, 3.63) is 0 Å². The lowest BCUT2D eigenvalue weighted by atomic mass is 9.72. The summed E-state index contributed by atoms with van der Waals surface area (Å²) < 4.78 is 0. The molecule has 18 heavy (non-hydrogen) atoms. The van der Waals surface area contributed by atoms with Crippen LogP contribution in [-0.2, 0) is 4.79 Å². The number of carbonyl (C=O) groups is 1. The quantitative estimate of drug-likeness (QED) is 0.817. The van der Waals surface area contributed by atoms with Crippen molar-refractivity contribution in [1.29, 1.82) is 0 Å². The van der Waals surface area contributed by atoms with Crippen molar-refractivity contribution >= 4 is 5.97 Å². The summed E-state index contributed by atoms with van der Waals surface area (Å²) in [5, 5.41) is 9.00. The van der Waals surface area contributed by atoms with E-state index in [1.807, 2.05) is 0 Å². The van der Waals surface area contributed by atoms with Gasteiger partial charge in [0.2, 0.25) is 0 Å². The van der Waals surface area contributed by atoms with E-state index < -0.39 is 5.97 Å². The highest BCUT2D eigenvalue weighted by Gasteiger charge is 2.44. The molecule has 0 aromatic carbocycles. The number of carboxylic acids is 1. The standard InChI is InChI=1S/C15H27NO2/c1-2-7-13(10-14(17)18)16-11-15(12-16)8-5-3-4-6-9-15/h13H,2-12H2,1H3,(H,17,18). The molecular weight excluding hydrogens is 226 g/mol. The van der Waals surface area contributed by atoms with Gasteiger partial charge in [-0.25, -0.2) is 0 Å². The monoisotopic (exact) mass is 253 g/mol. The Bertz CT molecular complexity index is 274. The highest BCUT2D eigenvalue weighted by Crippen LogP contribution is 2.44. The van der Waals surface area contributed by atoms with Crippen LogP contribution in [-0.4, -0.2) is 35.1 Å². The van der Waals surface area contributed by atoms with E-state index in [1.54, 1.807) is 0 Å². The summed E-state index contributed by atoms with van der Waals surface area (Å²) in [6.07, 6.45) is 10.7. The van der Waals surface area contributed by atoms with Gasteiger partial charge in [-0.3, -0.25) is 9.69 Å². The first-order valence-electron chi connectivity index (χ1n) is 7.61. The summed E-state index contributed by atoms with van der Waals surface area (Å²) in [6.45, 7) is 4.46. The third kappa shape index (κ3) is 3.25. The molecule has 104 valence electrons. The van der Waals surface area contributed by atoms with Gasteiger partial charge in [-0.2, -0.15) is 0 Å². The summed E-state index contributed by atoms with van der Waals surface area (Å²) in [5.41, 5.74) is 0.557. The van der Waals surface area contributed by atoms with Crippen molar-refractivity contribution in [2.75, 3.05) is 13.1 Å². The molecule has 3 heteroatoms. The average Bonchev–Trinajstić information content (AvgIpc) is 2.51. The third-order valence-electron chi connectivity index (χ3n) is 4.79. The van der Waals surface area contributed by atoms with E-state index in [9.17, 15) is 4.79 Å². The predicted molar refractivity (Wildman–Crippen MR) is 72.7 cm³/mol. The van der Waals surface area contributed by atoms with Gasteiger partial charge in [0.15, 0.2) is 0 Å². The first kappa shape index (κ1) is 13.9. The zero-order valence-electron chi connectivity index (χ0n) is 11.7. The normalized spacial score (nSPS) is 25.4. The number of carboxylic acid groups (broad SMARTS) is 1. The predicted octanol–water partition coefficient (Wildman–Crippen LogP) is 3.29. The minimum Gasteiger partial charge on any atom is -0.481 e. The van der Waals surface area contributed by atoms with Gasteiger partial charge in [0.1, 0.15) is 0 Å². The molecule has 2 rings (SSSR count). The number of likely N-dealkylation sites (tertiary alicyclic amines) is 1. The van der Waals surface area contributed by atoms with Gasteiger partial charge >= 0.3 is 5.97 Å². The molecular formula is C15H27NO2. The lowest BCUT2D eigenvalue weighted by Crippen LogP contribution is -2.59. The Labute approximate surface area is 111 Å². The summed E-state index contributed by atoms with van der Waals surface area (Å²) in [4.78, 5) is 13.4. The smallest absolute Gasteiger partial charge is 0.304 e. The molecule has 1 aliphatic heterocycles. The van der Waals surface area contributed by atoms with E-state index in [0.717, 1.165) is 25.9 Å².